The molecule has 0 spiro atoms. The van der Waals surface area contributed by atoms with Gasteiger partial charge >= 0.3 is 0 Å². The number of hydrogen-bond donors (Lipinski definition) is 3. The van der Waals surface area contributed by atoms with E-state index in [4.69, 9.17) is 5.73 Å². The van der Waals surface area contributed by atoms with Gasteiger partial charge in [-0.1, -0.05) is 15.9 Å². The van der Waals surface area contributed by atoms with Crippen LogP contribution in [0.1, 0.15) is 0 Å². The van der Waals surface area contributed by atoms with Gasteiger partial charge in [-0.3, -0.25) is 0 Å². The van der Waals surface area contributed by atoms with Gasteiger partial charge in [0, 0.05) is 55.0 Å². The van der Waals surface area contributed by atoms with E-state index in [9.17, 15) is 0 Å². The number of benzene rings is 1. The Morgan fingerprint density at radius 1 is 0.852 bits per heavy atom. The van der Waals surface area contributed by atoms with E-state index in [1.165, 1.54) is 0 Å². The third-order valence-electron chi connectivity index (χ3n) is 4.35. The molecule has 9 heteroatoms. The first-order chi connectivity index (χ1) is 13.1. The van der Waals surface area contributed by atoms with Gasteiger partial charge in [0.1, 0.15) is 17.0 Å². The summed E-state index contributed by atoms with van der Waals surface area (Å²) in [5.74, 6) is 0.118. The second kappa shape index (κ2) is 6.14. The zero-order valence-electron chi connectivity index (χ0n) is 13.7. The lowest BCUT2D eigenvalue weighted by Gasteiger charge is -2.07. The Bertz CT molecular complexity index is 1320. The highest BCUT2D eigenvalue weighted by Gasteiger charge is 2.19. The molecular formula is C18H11Br2N7. The molecule has 5 aromatic rings. The van der Waals surface area contributed by atoms with Gasteiger partial charge in [-0.2, -0.15) is 0 Å². The van der Waals surface area contributed by atoms with Gasteiger partial charge in [-0.05, 0) is 40.2 Å². The summed E-state index contributed by atoms with van der Waals surface area (Å²) in [4.78, 5) is 15.3. The number of aromatic amines is 2. The summed E-state index contributed by atoms with van der Waals surface area (Å²) < 4.78 is 1.86. The third kappa shape index (κ3) is 2.70. The summed E-state index contributed by atoms with van der Waals surface area (Å²) in [6, 6.07) is 8.02. The summed E-state index contributed by atoms with van der Waals surface area (Å²) in [5.41, 5.74) is 10.7. The predicted octanol–water partition coefficient (Wildman–Crippen LogP) is 4.67. The van der Waals surface area contributed by atoms with E-state index in [0.29, 0.717) is 11.4 Å². The van der Waals surface area contributed by atoms with E-state index in [0.717, 1.165) is 42.0 Å². The van der Waals surface area contributed by atoms with E-state index in [1.807, 2.05) is 36.7 Å². The van der Waals surface area contributed by atoms with Crippen LogP contribution in [0.15, 0.2) is 51.8 Å². The molecule has 5 rings (SSSR count). The number of nitrogens with zero attached hydrogens (tertiary/aromatic N) is 4. The molecule has 0 aliphatic carbocycles. The van der Waals surface area contributed by atoms with Crippen LogP contribution in [0, 0.1) is 0 Å². The molecule has 7 nitrogen and oxygen atoms in total. The van der Waals surface area contributed by atoms with E-state index >= 15 is 0 Å². The summed E-state index contributed by atoms with van der Waals surface area (Å²) >= 11 is 7.01. The van der Waals surface area contributed by atoms with Crippen LogP contribution in [-0.2, 0) is 0 Å². The van der Waals surface area contributed by atoms with Crippen LogP contribution in [0.5, 0.6) is 0 Å². The van der Waals surface area contributed by atoms with E-state index < -0.39 is 0 Å². The van der Waals surface area contributed by atoms with Gasteiger partial charge in [-0.25, -0.2) is 9.97 Å². The Morgan fingerprint density at radius 2 is 1.63 bits per heavy atom. The molecule has 0 bridgehead atoms. The maximum absolute atomic E-state index is 5.86. The summed E-state index contributed by atoms with van der Waals surface area (Å²) in [5, 5.41) is 10.3. The Kier molecular flexibility index (Phi) is 3.73. The molecule has 132 valence electrons. The molecule has 0 radical (unpaired) electrons. The molecule has 0 aliphatic heterocycles. The molecule has 0 atom stereocenters. The number of H-pyrrole nitrogens is 2. The van der Waals surface area contributed by atoms with Crippen molar-refractivity contribution in [1.29, 1.82) is 0 Å². The minimum Gasteiger partial charge on any atom is -0.366 e. The quantitative estimate of drug-likeness (QED) is 0.337. The molecule has 0 fully saturated rings. The number of nitrogens with two attached hydrogens (primary N) is 1. The number of nitrogen functional groups attached to an aromatic ring is 1. The Balaban J connectivity index is 1.82. The fourth-order valence-electron chi connectivity index (χ4n) is 3.17. The molecule has 4 aromatic heterocycles. The maximum Gasteiger partial charge on any atom is 0.240 e. The van der Waals surface area contributed by atoms with Crippen LogP contribution < -0.4 is 5.73 Å². The van der Waals surface area contributed by atoms with E-state index in [2.05, 4.69) is 62.0 Å². The number of hydrogen-bond acceptors (Lipinski definition) is 5. The van der Waals surface area contributed by atoms with Crippen molar-refractivity contribution in [3.63, 3.8) is 0 Å². The maximum atomic E-state index is 5.86. The van der Waals surface area contributed by atoms with Crippen molar-refractivity contribution in [1.82, 2.24) is 30.1 Å². The number of anilines is 1. The first-order valence-corrected chi connectivity index (χ1v) is 9.59. The van der Waals surface area contributed by atoms with Crippen molar-refractivity contribution in [2.45, 2.75) is 0 Å². The monoisotopic (exact) mass is 483 g/mol. The fraction of sp³-hybridized carbons (Fsp3) is 0. The molecule has 27 heavy (non-hydrogen) atoms. The standard InChI is InChI=1S/C18H11Br2N7/c19-8-1-2-14-10(3-8)12(6-22-14)16-15(25-18(21)27-26-16)13-7-24-17-11(13)4-9(20)5-23-17/h1-7,22H,(H,23,24)(H2,21,25,27). The lowest BCUT2D eigenvalue weighted by atomic mass is 10.0. The van der Waals surface area contributed by atoms with Crippen LogP contribution in [0.3, 0.4) is 0 Å². The van der Waals surface area contributed by atoms with Crippen molar-refractivity contribution >= 4 is 59.7 Å². The molecule has 0 unspecified atom stereocenters. The largest absolute Gasteiger partial charge is 0.366 e. The Morgan fingerprint density at radius 3 is 2.52 bits per heavy atom. The Hall–Kier alpha value is -2.78. The van der Waals surface area contributed by atoms with Gasteiger partial charge in [0.2, 0.25) is 5.95 Å². The highest BCUT2D eigenvalue weighted by Crippen LogP contribution is 2.37. The minimum absolute atomic E-state index is 0.118. The summed E-state index contributed by atoms with van der Waals surface area (Å²) in [7, 11) is 0. The number of nitrogens with one attached hydrogen (secondary N) is 2. The van der Waals surface area contributed by atoms with E-state index in [-0.39, 0.29) is 5.95 Å². The lowest BCUT2D eigenvalue weighted by molar-refractivity contribution is 0.999. The van der Waals surface area contributed by atoms with Crippen molar-refractivity contribution in [3.05, 3.63) is 51.8 Å². The van der Waals surface area contributed by atoms with Gasteiger partial charge in [0.25, 0.3) is 0 Å². The van der Waals surface area contributed by atoms with E-state index in [1.54, 1.807) is 6.20 Å². The smallest absolute Gasteiger partial charge is 0.240 e. The lowest BCUT2D eigenvalue weighted by Crippen LogP contribution is -2.02. The fourth-order valence-corrected chi connectivity index (χ4v) is 3.86. The van der Waals surface area contributed by atoms with Crippen molar-refractivity contribution in [3.8, 4) is 22.5 Å². The first-order valence-electron chi connectivity index (χ1n) is 8.00. The normalized spacial score (nSPS) is 11.5. The molecule has 0 saturated heterocycles. The van der Waals surface area contributed by atoms with Crippen molar-refractivity contribution < 1.29 is 0 Å². The van der Waals surface area contributed by atoms with Crippen LogP contribution in [0.4, 0.5) is 5.95 Å². The van der Waals surface area contributed by atoms with Gasteiger partial charge in [0.05, 0.1) is 0 Å². The third-order valence-corrected chi connectivity index (χ3v) is 5.28. The van der Waals surface area contributed by atoms with Crippen LogP contribution >= 0.6 is 31.9 Å². The van der Waals surface area contributed by atoms with Gasteiger partial charge in [0.15, 0.2) is 0 Å². The molecular weight excluding hydrogens is 474 g/mol. The summed E-state index contributed by atoms with van der Waals surface area (Å²) in [6.45, 7) is 0. The average molecular weight is 485 g/mol. The SMILES string of the molecule is Nc1nnc(-c2c[nH]c3ccc(Br)cc23)c(-c2c[nH]c3ncc(Br)cc23)n1. The number of fused-ring (bicyclic) bond motifs is 2. The second-order valence-electron chi connectivity index (χ2n) is 6.01. The molecule has 0 saturated carbocycles. The zero-order chi connectivity index (χ0) is 18.5. The number of aromatic nitrogens is 6. The zero-order valence-corrected chi connectivity index (χ0v) is 16.8. The highest BCUT2D eigenvalue weighted by molar-refractivity contribution is 9.10. The van der Waals surface area contributed by atoms with Crippen LogP contribution in [-0.4, -0.2) is 30.1 Å². The molecule has 0 amide bonds. The summed E-state index contributed by atoms with van der Waals surface area (Å²) in [6.07, 6.45) is 5.51. The topological polar surface area (TPSA) is 109 Å². The van der Waals surface area contributed by atoms with Crippen LogP contribution in [0.25, 0.3) is 44.5 Å². The Labute approximate surface area is 169 Å². The van der Waals surface area contributed by atoms with Crippen molar-refractivity contribution in [2.75, 3.05) is 5.73 Å². The molecule has 0 aliphatic rings. The second-order valence-corrected chi connectivity index (χ2v) is 7.84. The minimum atomic E-state index is 0.118. The number of pyridine rings is 1. The van der Waals surface area contributed by atoms with Gasteiger partial charge < -0.3 is 15.7 Å². The highest BCUT2D eigenvalue weighted by atomic mass is 79.9. The first kappa shape index (κ1) is 16.4. The molecule has 1 aromatic carbocycles. The van der Waals surface area contributed by atoms with Crippen molar-refractivity contribution in [2.24, 2.45) is 0 Å². The molecule has 4 N–H and O–H groups in total. The van der Waals surface area contributed by atoms with Crippen LogP contribution in [0.2, 0.25) is 0 Å². The molecule has 4 heterocycles. The van der Waals surface area contributed by atoms with Gasteiger partial charge in [-0.15, -0.1) is 10.2 Å². The average Bonchev–Trinajstić information content (AvgIpc) is 3.25. The number of halogens is 2. The number of rotatable bonds is 2. The predicted molar refractivity (Wildman–Crippen MR) is 112 cm³/mol.